The molecule has 1 N–H and O–H groups in total. The molecule has 1 saturated carbocycles. The number of anilines is 1. The van der Waals surface area contributed by atoms with Crippen molar-refractivity contribution in [2.75, 3.05) is 18.5 Å². The van der Waals surface area contributed by atoms with E-state index in [2.05, 4.69) is 16.3 Å². The average Bonchev–Trinajstić information content (AvgIpc) is 2.90. The van der Waals surface area contributed by atoms with Gasteiger partial charge in [-0.2, -0.15) is 0 Å². The summed E-state index contributed by atoms with van der Waals surface area (Å²) in [7, 11) is 1.90. The standard InChI is InChI=1S/C17H25FN2/c1-12(19-2)17-14(18)7-5-9-16(17)20-11-10-13-6-3-4-8-15(13)20/h5,7,9,12-13,15,19H,3-4,6,8,10-11H2,1-2H3. The molecule has 1 aromatic carbocycles. The summed E-state index contributed by atoms with van der Waals surface area (Å²) < 4.78 is 14.3. The van der Waals surface area contributed by atoms with Crippen LogP contribution in [0.5, 0.6) is 0 Å². The van der Waals surface area contributed by atoms with Crippen LogP contribution in [0.15, 0.2) is 18.2 Å². The highest BCUT2D eigenvalue weighted by Crippen LogP contribution is 2.41. The fraction of sp³-hybridized carbons (Fsp3) is 0.647. The molecule has 1 heterocycles. The number of nitrogens with zero attached hydrogens (tertiary/aromatic N) is 1. The number of halogens is 1. The Bertz CT molecular complexity index is 474. The van der Waals surface area contributed by atoms with E-state index in [0.29, 0.717) is 6.04 Å². The fourth-order valence-electron chi connectivity index (χ4n) is 4.05. The zero-order chi connectivity index (χ0) is 14.1. The number of fused-ring (bicyclic) bond motifs is 1. The maximum Gasteiger partial charge on any atom is 0.130 e. The Morgan fingerprint density at radius 2 is 2.05 bits per heavy atom. The predicted octanol–water partition coefficient (Wildman–Crippen LogP) is 3.88. The Hall–Kier alpha value is -1.09. The van der Waals surface area contributed by atoms with Crippen LogP contribution >= 0.6 is 0 Å². The molecule has 3 rings (SSSR count). The van der Waals surface area contributed by atoms with Crippen LogP contribution in [-0.4, -0.2) is 19.6 Å². The number of hydrogen-bond donors (Lipinski definition) is 1. The van der Waals surface area contributed by atoms with E-state index in [1.807, 2.05) is 20.0 Å². The van der Waals surface area contributed by atoms with Crippen molar-refractivity contribution >= 4 is 5.69 Å². The molecular weight excluding hydrogens is 251 g/mol. The fourth-order valence-corrected chi connectivity index (χ4v) is 4.05. The molecule has 0 spiro atoms. The van der Waals surface area contributed by atoms with Gasteiger partial charge in [0.2, 0.25) is 0 Å². The maximum absolute atomic E-state index is 14.3. The van der Waals surface area contributed by atoms with Crippen LogP contribution in [0, 0.1) is 11.7 Å². The molecule has 1 saturated heterocycles. The van der Waals surface area contributed by atoms with Gasteiger partial charge in [0.15, 0.2) is 0 Å². The lowest BCUT2D eigenvalue weighted by Crippen LogP contribution is -2.36. The van der Waals surface area contributed by atoms with E-state index < -0.39 is 0 Å². The Labute approximate surface area is 121 Å². The van der Waals surface area contributed by atoms with E-state index in [9.17, 15) is 4.39 Å². The summed E-state index contributed by atoms with van der Waals surface area (Å²) in [6, 6.07) is 6.22. The Morgan fingerprint density at radius 1 is 1.25 bits per heavy atom. The molecule has 1 aliphatic heterocycles. The first-order chi connectivity index (χ1) is 9.72. The van der Waals surface area contributed by atoms with Gasteiger partial charge in [0.05, 0.1) is 0 Å². The quantitative estimate of drug-likeness (QED) is 0.901. The zero-order valence-electron chi connectivity index (χ0n) is 12.5. The molecule has 3 heteroatoms. The molecule has 20 heavy (non-hydrogen) atoms. The van der Waals surface area contributed by atoms with Gasteiger partial charge >= 0.3 is 0 Å². The van der Waals surface area contributed by atoms with Crippen molar-refractivity contribution in [2.45, 2.75) is 51.1 Å². The minimum atomic E-state index is -0.0800. The van der Waals surface area contributed by atoms with Crippen LogP contribution < -0.4 is 10.2 Å². The van der Waals surface area contributed by atoms with Gasteiger partial charge in [-0.25, -0.2) is 4.39 Å². The van der Waals surface area contributed by atoms with Crippen LogP contribution in [0.3, 0.4) is 0 Å². The normalized spacial score (nSPS) is 27.4. The molecule has 0 aromatic heterocycles. The van der Waals surface area contributed by atoms with Gasteiger partial charge in [-0.1, -0.05) is 18.9 Å². The van der Waals surface area contributed by atoms with E-state index in [4.69, 9.17) is 0 Å². The van der Waals surface area contributed by atoms with Gasteiger partial charge in [-0.3, -0.25) is 0 Å². The van der Waals surface area contributed by atoms with E-state index in [1.165, 1.54) is 32.1 Å². The highest BCUT2D eigenvalue weighted by molar-refractivity contribution is 5.57. The largest absolute Gasteiger partial charge is 0.368 e. The van der Waals surface area contributed by atoms with Gasteiger partial charge in [-0.05, 0) is 51.3 Å². The van der Waals surface area contributed by atoms with Crippen molar-refractivity contribution in [3.8, 4) is 0 Å². The molecule has 3 atom stereocenters. The maximum atomic E-state index is 14.3. The minimum Gasteiger partial charge on any atom is -0.368 e. The third-order valence-corrected chi connectivity index (χ3v) is 5.22. The Balaban J connectivity index is 1.95. The van der Waals surface area contributed by atoms with Crippen molar-refractivity contribution in [3.05, 3.63) is 29.6 Å². The summed E-state index contributed by atoms with van der Waals surface area (Å²) in [6.07, 6.45) is 6.60. The second-order valence-electron chi connectivity index (χ2n) is 6.28. The second kappa shape index (κ2) is 5.72. The SMILES string of the molecule is CNC(C)c1c(F)cccc1N1CCC2CCCCC21. The molecule has 0 amide bonds. The number of benzene rings is 1. The van der Waals surface area contributed by atoms with Gasteiger partial charge in [-0.15, -0.1) is 0 Å². The summed E-state index contributed by atoms with van der Waals surface area (Å²) in [5.41, 5.74) is 1.95. The average molecular weight is 276 g/mol. The van der Waals surface area contributed by atoms with Crippen molar-refractivity contribution in [1.29, 1.82) is 0 Å². The van der Waals surface area contributed by atoms with Crippen LogP contribution in [0.4, 0.5) is 10.1 Å². The van der Waals surface area contributed by atoms with Gasteiger partial charge in [0.1, 0.15) is 5.82 Å². The molecular formula is C17H25FN2. The van der Waals surface area contributed by atoms with Crippen molar-refractivity contribution < 1.29 is 4.39 Å². The third kappa shape index (κ3) is 2.32. The van der Waals surface area contributed by atoms with Crippen LogP contribution in [0.2, 0.25) is 0 Å². The van der Waals surface area contributed by atoms with E-state index in [-0.39, 0.29) is 11.9 Å². The lowest BCUT2D eigenvalue weighted by Gasteiger charge is -2.35. The first kappa shape index (κ1) is 13.9. The Morgan fingerprint density at radius 3 is 2.85 bits per heavy atom. The smallest absolute Gasteiger partial charge is 0.130 e. The highest BCUT2D eigenvalue weighted by Gasteiger charge is 2.37. The van der Waals surface area contributed by atoms with Crippen molar-refractivity contribution in [3.63, 3.8) is 0 Å². The summed E-state index contributed by atoms with van der Waals surface area (Å²) in [5.74, 6) is 0.744. The molecule has 3 unspecified atom stereocenters. The first-order valence-electron chi connectivity index (χ1n) is 7.94. The van der Waals surface area contributed by atoms with Crippen molar-refractivity contribution in [2.24, 2.45) is 5.92 Å². The molecule has 0 radical (unpaired) electrons. The van der Waals surface area contributed by atoms with Crippen LogP contribution in [-0.2, 0) is 0 Å². The monoisotopic (exact) mass is 276 g/mol. The predicted molar refractivity (Wildman–Crippen MR) is 81.6 cm³/mol. The van der Waals surface area contributed by atoms with Gasteiger partial charge < -0.3 is 10.2 Å². The number of rotatable bonds is 3. The summed E-state index contributed by atoms with van der Waals surface area (Å²) in [6.45, 7) is 3.12. The highest BCUT2D eigenvalue weighted by atomic mass is 19.1. The Kier molecular flexibility index (Phi) is 3.97. The lowest BCUT2D eigenvalue weighted by molar-refractivity contribution is 0.341. The molecule has 2 nitrogen and oxygen atoms in total. The molecule has 1 aromatic rings. The molecule has 1 aliphatic carbocycles. The molecule has 2 fully saturated rings. The van der Waals surface area contributed by atoms with Crippen LogP contribution in [0.1, 0.15) is 50.6 Å². The summed E-state index contributed by atoms with van der Waals surface area (Å²) in [5, 5.41) is 3.19. The zero-order valence-corrected chi connectivity index (χ0v) is 12.5. The molecule has 110 valence electrons. The molecule has 0 bridgehead atoms. The third-order valence-electron chi connectivity index (χ3n) is 5.22. The molecule has 2 aliphatic rings. The van der Waals surface area contributed by atoms with E-state index in [0.717, 1.165) is 23.7 Å². The van der Waals surface area contributed by atoms with E-state index in [1.54, 1.807) is 6.07 Å². The second-order valence-corrected chi connectivity index (χ2v) is 6.28. The van der Waals surface area contributed by atoms with Crippen LogP contribution in [0.25, 0.3) is 0 Å². The van der Waals surface area contributed by atoms with Crippen molar-refractivity contribution in [1.82, 2.24) is 5.32 Å². The van der Waals surface area contributed by atoms with E-state index >= 15 is 0 Å². The minimum absolute atomic E-state index is 0.0499. The van der Waals surface area contributed by atoms with Gasteiger partial charge in [0, 0.05) is 29.9 Å². The number of hydrogen-bond acceptors (Lipinski definition) is 2. The summed E-state index contributed by atoms with van der Waals surface area (Å²) in [4.78, 5) is 2.48. The first-order valence-corrected chi connectivity index (χ1v) is 7.94. The summed E-state index contributed by atoms with van der Waals surface area (Å²) >= 11 is 0. The van der Waals surface area contributed by atoms with Gasteiger partial charge in [0.25, 0.3) is 0 Å². The number of nitrogens with one attached hydrogen (secondary N) is 1. The lowest BCUT2D eigenvalue weighted by atomic mass is 9.85. The topological polar surface area (TPSA) is 15.3 Å².